The van der Waals surface area contributed by atoms with Gasteiger partial charge in [0.25, 0.3) is 11.8 Å². The molecule has 7 nitrogen and oxygen atoms in total. The van der Waals surface area contributed by atoms with Gasteiger partial charge in [-0.05, 0) is 60.9 Å². The van der Waals surface area contributed by atoms with Crippen LogP contribution in [0.15, 0.2) is 28.7 Å². The molecule has 0 atom stereocenters. The highest BCUT2D eigenvalue weighted by Gasteiger charge is 2.26. The van der Waals surface area contributed by atoms with E-state index in [1.807, 2.05) is 4.90 Å². The van der Waals surface area contributed by atoms with Crippen LogP contribution < -0.4 is 10.9 Å². The Kier molecular flexibility index (Phi) is 7.39. The number of carbonyl (C=O) groups excluding carboxylic acids is 3. The fourth-order valence-corrected chi connectivity index (χ4v) is 3.13. The summed E-state index contributed by atoms with van der Waals surface area (Å²) in [6.45, 7) is 3.65. The van der Waals surface area contributed by atoms with E-state index in [4.69, 9.17) is 4.74 Å². The number of likely N-dealkylation sites (tertiary alicyclic amines) is 1. The average molecular weight is 412 g/mol. The highest BCUT2D eigenvalue weighted by Crippen LogP contribution is 2.18. The first-order chi connectivity index (χ1) is 12.0. The summed E-state index contributed by atoms with van der Waals surface area (Å²) in [5.74, 6) is -0.932. The van der Waals surface area contributed by atoms with Crippen molar-refractivity contribution < 1.29 is 19.1 Å². The molecule has 1 fully saturated rings. The van der Waals surface area contributed by atoms with Crippen molar-refractivity contribution in [1.29, 1.82) is 0 Å². The SMILES string of the molecule is CCOC(=O)C1CCN(CC(=O)NNC(=O)c2ccccc2Br)CC1. The van der Waals surface area contributed by atoms with Gasteiger partial charge in [-0.25, -0.2) is 0 Å². The third-order valence-corrected chi connectivity index (χ3v) is 4.70. The van der Waals surface area contributed by atoms with Crippen LogP contribution >= 0.6 is 15.9 Å². The summed E-state index contributed by atoms with van der Waals surface area (Å²) in [5, 5.41) is 0. The Labute approximate surface area is 155 Å². The summed E-state index contributed by atoms with van der Waals surface area (Å²) >= 11 is 3.29. The Balaban J connectivity index is 1.72. The number of benzene rings is 1. The van der Waals surface area contributed by atoms with Crippen molar-refractivity contribution in [2.45, 2.75) is 19.8 Å². The van der Waals surface area contributed by atoms with Gasteiger partial charge in [0.1, 0.15) is 0 Å². The highest BCUT2D eigenvalue weighted by atomic mass is 79.9. The number of rotatable bonds is 5. The molecular formula is C17H22BrN3O4. The maximum atomic E-state index is 12.0. The Bertz CT molecular complexity index is 630. The Morgan fingerprint density at radius 2 is 1.88 bits per heavy atom. The summed E-state index contributed by atoms with van der Waals surface area (Å²) in [4.78, 5) is 37.6. The molecule has 1 saturated heterocycles. The van der Waals surface area contributed by atoms with Crippen molar-refractivity contribution in [3.8, 4) is 0 Å². The molecule has 25 heavy (non-hydrogen) atoms. The fourth-order valence-electron chi connectivity index (χ4n) is 2.67. The molecule has 0 radical (unpaired) electrons. The zero-order valence-electron chi connectivity index (χ0n) is 14.1. The first kappa shape index (κ1) is 19.4. The number of carbonyl (C=O) groups is 3. The van der Waals surface area contributed by atoms with Crippen LogP contribution in [0.3, 0.4) is 0 Å². The first-order valence-corrected chi connectivity index (χ1v) is 9.03. The van der Waals surface area contributed by atoms with Crippen molar-refractivity contribution in [1.82, 2.24) is 15.8 Å². The van der Waals surface area contributed by atoms with E-state index >= 15 is 0 Å². The lowest BCUT2D eigenvalue weighted by molar-refractivity contribution is -0.149. The maximum absolute atomic E-state index is 12.0. The van der Waals surface area contributed by atoms with E-state index in [0.29, 0.717) is 42.6 Å². The number of ether oxygens (including phenoxy) is 1. The van der Waals surface area contributed by atoms with Crippen molar-refractivity contribution in [3.63, 3.8) is 0 Å². The third kappa shape index (κ3) is 5.82. The lowest BCUT2D eigenvalue weighted by Crippen LogP contribution is -2.48. The number of esters is 1. The molecule has 1 heterocycles. The topological polar surface area (TPSA) is 87.7 Å². The Hall–Kier alpha value is -1.93. The molecule has 0 bridgehead atoms. The average Bonchev–Trinajstić information content (AvgIpc) is 2.61. The molecule has 0 unspecified atom stereocenters. The van der Waals surface area contributed by atoms with Crippen LogP contribution in [0.5, 0.6) is 0 Å². The first-order valence-electron chi connectivity index (χ1n) is 8.24. The second-order valence-corrected chi connectivity index (χ2v) is 6.64. The van der Waals surface area contributed by atoms with Gasteiger partial charge in [-0.3, -0.25) is 30.1 Å². The highest BCUT2D eigenvalue weighted by molar-refractivity contribution is 9.10. The van der Waals surface area contributed by atoms with Gasteiger partial charge < -0.3 is 4.74 Å². The number of hydrazine groups is 1. The van der Waals surface area contributed by atoms with Gasteiger partial charge >= 0.3 is 5.97 Å². The number of nitrogens with one attached hydrogen (secondary N) is 2. The largest absolute Gasteiger partial charge is 0.466 e. The van der Waals surface area contributed by atoms with Crippen LogP contribution in [0.2, 0.25) is 0 Å². The van der Waals surface area contributed by atoms with Gasteiger partial charge in [0.2, 0.25) is 0 Å². The Morgan fingerprint density at radius 1 is 1.20 bits per heavy atom. The molecule has 1 aromatic rings. The van der Waals surface area contributed by atoms with Crippen molar-refractivity contribution in [2.24, 2.45) is 5.92 Å². The molecule has 0 saturated carbocycles. The van der Waals surface area contributed by atoms with Gasteiger partial charge in [-0.1, -0.05) is 12.1 Å². The van der Waals surface area contributed by atoms with Crippen molar-refractivity contribution >= 4 is 33.7 Å². The molecule has 2 N–H and O–H groups in total. The van der Waals surface area contributed by atoms with Crippen LogP contribution in [-0.2, 0) is 14.3 Å². The van der Waals surface area contributed by atoms with Gasteiger partial charge in [0.15, 0.2) is 0 Å². The summed E-state index contributed by atoms with van der Waals surface area (Å²) in [7, 11) is 0. The molecule has 1 aromatic carbocycles. The van der Waals surface area contributed by atoms with Crippen molar-refractivity contribution in [3.05, 3.63) is 34.3 Å². The number of hydrogen-bond acceptors (Lipinski definition) is 5. The number of hydrogen-bond donors (Lipinski definition) is 2. The molecule has 0 spiro atoms. The number of piperidine rings is 1. The minimum absolute atomic E-state index is 0.0885. The van der Waals surface area contributed by atoms with E-state index in [-0.39, 0.29) is 30.2 Å². The molecular weight excluding hydrogens is 390 g/mol. The lowest BCUT2D eigenvalue weighted by Gasteiger charge is -2.30. The summed E-state index contributed by atoms with van der Waals surface area (Å²) < 4.78 is 5.68. The molecule has 1 aliphatic rings. The predicted octanol–water partition coefficient (Wildman–Crippen LogP) is 1.49. The molecule has 2 rings (SSSR count). The van der Waals surface area contributed by atoms with E-state index in [0.717, 1.165) is 0 Å². The van der Waals surface area contributed by atoms with Gasteiger partial charge in [0, 0.05) is 4.47 Å². The molecule has 1 aliphatic heterocycles. The minimum atomic E-state index is -0.387. The fraction of sp³-hybridized carbons (Fsp3) is 0.471. The monoisotopic (exact) mass is 411 g/mol. The zero-order chi connectivity index (χ0) is 18.2. The Morgan fingerprint density at radius 3 is 2.52 bits per heavy atom. The molecule has 136 valence electrons. The van der Waals surface area contributed by atoms with Gasteiger partial charge in [0.05, 0.1) is 24.6 Å². The standard InChI is InChI=1S/C17H22BrN3O4/c1-2-25-17(24)12-7-9-21(10-8-12)11-15(22)19-20-16(23)13-5-3-4-6-14(13)18/h3-6,12H,2,7-11H2,1H3,(H,19,22)(H,20,23). The summed E-state index contributed by atoms with van der Waals surface area (Å²) in [5.41, 5.74) is 5.26. The molecule has 0 aliphatic carbocycles. The zero-order valence-corrected chi connectivity index (χ0v) is 15.7. The quantitative estimate of drug-likeness (QED) is 0.565. The minimum Gasteiger partial charge on any atom is -0.466 e. The van der Waals surface area contributed by atoms with E-state index in [9.17, 15) is 14.4 Å². The van der Waals surface area contributed by atoms with Crippen LogP contribution in [-0.4, -0.2) is 48.9 Å². The van der Waals surface area contributed by atoms with E-state index < -0.39 is 0 Å². The molecule has 0 aromatic heterocycles. The van der Waals surface area contributed by atoms with Crippen LogP contribution in [0.1, 0.15) is 30.1 Å². The van der Waals surface area contributed by atoms with E-state index in [2.05, 4.69) is 26.8 Å². The van der Waals surface area contributed by atoms with Crippen LogP contribution in [0.25, 0.3) is 0 Å². The smallest absolute Gasteiger partial charge is 0.309 e. The van der Waals surface area contributed by atoms with Crippen molar-refractivity contribution in [2.75, 3.05) is 26.2 Å². The number of amides is 2. The third-order valence-electron chi connectivity index (χ3n) is 4.01. The lowest BCUT2D eigenvalue weighted by atomic mass is 9.97. The maximum Gasteiger partial charge on any atom is 0.309 e. The summed E-state index contributed by atoms with van der Waals surface area (Å²) in [6.07, 6.45) is 1.35. The second kappa shape index (κ2) is 9.53. The summed E-state index contributed by atoms with van der Waals surface area (Å²) in [6, 6.07) is 6.96. The molecule has 2 amide bonds. The van der Waals surface area contributed by atoms with E-state index in [1.165, 1.54) is 0 Å². The second-order valence-electron chi connectivity index (χ2n) is 5.78. The molecule has 8 heteroatoms. The predicted molar refractivity (Wildman–Crippen MR) is 95.5 cm³/mol. The van der Waals surface area contributed by atoms with Crippen LogP contribution in [0.4, 0.5) is 0 Å². The number of halogens is 1. The van der Waals surface area contributed by atoms with Gasteiger partial charge in [-0.15, -0.1) is 0 Å². The van der Waals surface area contributed by atoms with E-state index in [1.54, 1.807) is 31.2 Å². The van der Waals surface area contributed by atoms with Gasteiger partial charge in [-0.2, -0.15) is 0 Å². The normalized spacial score (nSPS) is 15.4. The number of nitrogens with zero attached hydrogens (tertiary/aromatic N) is 1. The van der Waals surface area contributed by atoms with Crippen LogP contribution in [0, 0.1) is 5.92 Å².